The minimum Gasteiger partial charge on any atom is -0.394 e. The summed E-state index contributed by atoms with van der Waals surface area (Å²) in [5, 5.41) is 14.8. The van der Waals surface area contributed by atoms with Crippen LogP contribution >= 0.6 is 0 Å². The normalized spacial score (nSPS) is 12.6. The lowest BCUT2D eigenvalue weighted by Gasteiger charge is -2.19. The zero-order chi connectivity index (χ0) is 15.9. The van der Waals surface area contributed by atoms with Crippen molar-refractivity contribution in [2.75, 3.05) is 13.2 Å². The van der Waals surface area contributed by atoms with E-state index in [0.717, 1.165) is 5.56 Å². The second-order valence-electron chi connectivity index (χ2n) is 5.97. The summed E-state index contributed by atoms with van der Waals surface area (Å²) in [6.07, 6.45) is 0.186. The Bertz CT molecular complexity index is 466. The summed E-state index contributed by atoms with van der Waals surface area (Å²) in [5.74, 6) is -0.288. The average Bonchev–Trinajstić information content (AvgIpc) is 2.44. The minimum absolute atomic E-state index is 0.0860. The number of carbonyl (C=O) groups is 2. The van der Waals surface area contributed by atoms with E-state index in [9.17, 15) is 14.7 Å². The molecule has 1 aromatic rings. The van der Waals surface area contributed by atoms with Gasteiger partial charge in [0.1, 0.15) is 0 Å². The average molecular weight is 292 g/mol. The van der Waals surface area contributed by atoms with Crippen molar-refractivity contribution in [2.24, 2.45) is 5.41 Å². The van der Waals surface area contributed by atoms with Gasteiger partial charge in [-0.25, -0.2) is 0 Å². The molecule has 0 bridgehead atoms. The van der Waals surface area contributed by atoms with Gasteiger partial charge in [0.05, 0.1) is 12.6 Å². The highest BCUT2D eigenvalue weighted by Crippen LogP contribution is 2.13. The molecular formula is C16H24N2O3. The molecular weight excluding hydrogens is 268 g/mol. The van der Waals surface area contributed by atoms with E-state index in [1.165, 1.54) is 0 Å². The van der Waals surface area contributed by atoms with Gasteiger partial charge in [-0.2, -0.15) is 0 Å². The largest absolute Gasteiger partial charge is 0.394 e. The van der Waals surface area contributed by atoms with Crippen molar-refractivity contribution in [1.82, 2.24) is 10.6 Å². The number of aliphatic hydroxyl groups excluding tert-OH is 1. The monoisotopic (exact) mass is 292 g/mol. The Balaban J connectivity index is 2.41. The van der Waals surface area contributed by atoms with Crippen molar-refractivity contribution in [3.8, 4) is 0 Å². The zero-order valence-electron chi connectivity index (χ0n) is 12.8. The first-order valence-corrected chi connectivity index (χ1v) is 7.08. The predicted octanol–water partition coefficient (Wildman–Crippen LogP) is 1.39. The second-order valence-corrected chi connectivity index (χ2v) is 5.97. The van der Waals surface area contributed by atoms with E-state index in [4.69, 9.17) is 0 Å². The number of benzene rings is 1. The van der Waals surface area contributed by atoms with E-state index in [-0.39, 0.29) is 31.4 Å². The molecule has 2 amide bonds. The number of carbonyl (C=O) groups excluding carboxylic acids is 2. The van der Waals surface area contributed by atoms with E-state index < -0.39 is 11.5 Å². The number of hydrogen-bond acceptors (Lipinski definition) is 3. The minimum atomic E-state index is -0.464. The molecule has 0 aliphatic carbocycles. The van der Waals surface area contributed by atoms with Gasteiger partial charge in [0.15, 0.2) is 0 Å². The van der Waals surface area contributed by atoms with E-state index in [2.05, 4.69) is 10.6 Å². The molecule has 3 N–H and O–H groups in total. The summed E-state index contributed by atoms with van der Waals surface area (Å²) in [4.78, 5) is 23.5. The Hall–Kier alpha value is -1.88. The molecule has 0 aliphatic heterocycles. The number of aliphatic hydroxyl groups is 1. The Morgan fingerprint density at radius 2 is 1.81 bits per heavy atom. The van der Waals surface area contributed by atoms with E-state index >= 15 is 0 Å². The molecule has 0 spiro atoms. The number of amides is 2. The van der Waals surface area contributed by atoms with Crippen molar-refractivity contribution in [3.05, 3.63) is 35.9 Å². The van der Waals surface area contributed by atoms with Crippen molar-refractivity contribution in [1.29, 1.82) is 0 Å². The highest BCUT2D eigenvalue weighted by Gasteiger charge is 2.21. The van der Waals surface area contributed by atoms with Crippen LogP contribution < -0.4 is 10.6 Å². The van der Waals surface area contributed by atoms with Gasteiger partial charge in [0.2, 0.25) is 11.8 Å². The van der Waals surface area contributed by atoms with Gasteiger partial charge < -0.3 is 15.7 Å². The fourth-order valence-corrected chi connectivity index (χ4v) is 1.74. The van der Waals surface area contributed by atoms with Crippen LogP contribution in [0.2, 0.25) is 0 Å². The molecule has 1 aromatic carbocycles. The number of nitrogens with one attached hydrogen (secondary N) is 2. The van der Waals surface area contributed by atoms with Crippen LogP contribution in [0.25, 0.3) is 0 Å². The van der Waals surface area contributed by atoms with Crippen LogP contribution in [0, 0.1) is 5.41 Å². The molecule has 0 unspecified atom stereocenters. The highest BCUT2D eigenvalue weighted by atomic mass is 16.3. The third-order valence-electron chi connectivity index (χ3n) is 3.04. The molecule has 1 atom stereocenters. The molecule has 0 heterocycles. The quantitative estimate of drug-likeness (QED) is 0.741. The van der Waals surface area contributed by atoms with Gasteiger partial charge in [0.25, 0.3) is 0 Å². The second kappa shape index (κ2) is 7.78. The molecule has 0 saturated carbocycles. The molecule has 0 saturated heterocycles. The molecule has 0 radical (unpaired) electrons. The van der Waals surface area contributed by atoms with Crippen LogP contribution in [-0.2, 0) is 9.59 Å². The first kappa shape index (κ1) is 17.2. The molecule has 0 aromatic heterocycles. The SMILES string of the molecule is CC(C)(C)C(=O)NCCC(=O)N[C@H](CO)c1ccccc1. The first-order chi connectivity index (χ1) is 9.84. The molecule has 0 fully saturated rings. The third kappa shape index (κ3) is 5.95. The Labute approximate surface area is 125 Å². The molecule has 21 heavy (non-hydrogen) atoms. The topological polar surface area (TPSA) is 78.4 Å². The van der Waals surface area contributed by atoms with Crippen LogP contribution in [0.5, 0.6) is 0 Å². The van der Waals surface area contributed by atoms with E-state index in [1.54, 1.807) is 0 Å². The summed E-state index contributed by atoms with van der Waals surface area (Å²) < 4.78 is 0. The van der Waals surface area contributed by atoms with Gasteiger partial charge >= 0.3 is 0 Å². The maximum atomic E-state index is 11.8. The van der Waals surface area contributed by atoms with Crippen LogP contribution in [0.15, 0.2) is 30.3 Å². The molecule has 5 nitrogen and oxygen atoms in total. The summed E-state index contributed by atoms with van der Waals surface area (Å²) in [6.45, 7) is 5.58. The summed E-state index contributed by atoms with van der Waals surface area (Å²) >= 11 is 0. The lowest BCUT2D eigenvalue weighted by molar-refractivity contribution is -0.128. The van der Waals surface area contributed by atoms with Crippen LogP contribution in [0.3, 0.4) is 0 Å². The fourth-order valence-electron chi connectivity index (χ4n) is 1.74. The maximum absolute atomic E-state index is 11.8. The van der Waals surface area contributed by atoms with Gasteiger partial charge in [-0.1, -0.05) is 51.1 Å². The van der Waals surface area contributed by atoms with Gasteiger partial charge in [0, 0.05) is 18.4 Å². The lowest BCUT2D eigenvalue weighted by atomic mass is 9.96. The zero-order valence-corrected chi connectivity index (χ0v) is 12.8. The Morgan fingerprint density at radius 3 is 2.33 bits per heavy atom. The third-order valence-corrected chi connectivity index (χ3v) is 3.04. The van der Waals surface area contributed by atoms with Crippen LogP contribution in [0.1, 0.15) is 38.8 Å². The van der Waals surface area contributed by atoms with Crippen LogP contribution in [-0.4, -0.2) is 30.1 Å². The Kier molecular flexibility index (Phi) is 6.37. The summed E-state index contributed by atoms with van der Waals surface area (Å²) in [5.41, 5.74) is 0.390. The molecule has 0 aliphatic rings. The van der Waals surface area contributed by atoms with Gasteiger partial charge in [-0.05, 0) is 5.56 Å². The van der Waals surface area contributed by atoms with Crippen molar-refractivity contribution >= 4 is 11.8 Å². The number of rotatable bonds is 6. The highest BCUT2D eigenvalue weighted by molar-refractivity contribution is 5.82. The lowest BCUT2D eigenvalue weighted by Crippen LogP contribution is -2.38. The smallest absolute Gasteiger partial charge is 0.225 e. The van der Waals surface area contributed by atoms with Crippen molar-refractivity contribution < 1.29 is 14.7 Å². The standard InChI is InChI=1S/C16H24N2O3/c1-16(2,3)15(21)17-10-9-14(20)18-13(11-19)12-7-5-4-6-8-12/h4-8,13,19H,9-11H2,1-3H3,(H,17,21)(H,18,20)/t13-/m1/s1. The Morgan fingerprint density at radius 1 is 1.19 bits per heavy atom. The van der Waals surface area contributed by atoms with Gasteiger partial charge in [-0.15, -0.1) is 0 Å². The van der Waals surface area contributed by atoms with E-state index in [0.29, 0.717) is 0 Å². The molecule has 1 rings (SSSR count). The molecule has 5 heteroatoms. The summed E-state index contributed by atoms with van der Waals surface area (Å²) in [7, 11) is 0. The molecule has 116 valence electrons. The van der Waals surface area contributed by atoms with Gasteiger partial charge in [-0.3, -0.25) is 9.59 Å². The van der Waals surface area contributed by atoms with Crippen molar-refractivity contribution in [2.45, 2.75) is 33.2 Å². The number of hydrogen-bond donors (Lipinski definition) is 3. The van der Waals surface area contributed by atoms with Crippen molar-refractivity contribution in [3.63, 3.8) is 0 Å². The first-order valence-electron chi connectivity index (χ1n) is 7.08. The van der Waals surface area contributed by atoms with E-state index in [1.807, 2.05) is 51.1 Å². The predicted molar refractivity (Wildman–Crippen MR) is 81.5 cm³/mol. The maximum Gasteiger partial charge on any atom is 0.225 e. The summed E-state index contributed by atoms with van der Waals surface area (Å²) in [6, 6.07) is 8.87. The fraction of sp³-hybridized carbons (Fsp3) is 0.500. The van der Waals surface area contributed by atoms with Crippen LogP contribution in [0.4, 0.5) is 0 Å².